The number of fused-ring (bicyclic) bond motifs is 5. The number of carbonyl (C=O) groups excluding carboxylic acids is 2. The van der Waals surface area contributed by atoms with Crippen LogP contribution >= 0.6 is 15.9 Å². The molecule has 3 saturated carbocycles. The van der Waals surface area contributed by atoms with Gasteiger partial charge in [-0.25, -0.2) is 0 Å². The van der Waals surface area contributed by atoms with Gasteiger partial charge in [0.2, 0.25) is 0 Å². The first kappa shape index (κ1) is 19.5. The summed E-state index contributed by atoms with van der Waals surface area (Å²) in [5.41, 5.74) is -1.84. The van der Waals surface area contributed by atoms with E-state index in [1.165, 1.54) is 0 Å². The molecule has 3 N–H and O–H groups in total. The van der Waals surface area contributed by atoms with E-state index in [1.807, 2.05) is 13.0 Å². The van der Waals surface area contributed by atoms with Crippen molar-refractivity contribution in [2.75, 3.05) is 6.61 Å². The SMILES string of the molecule is C[C@]12C=CC(=O)C=C1CC[C@H]1[C@@H]3CC[C@](O)(C(=O)CO)[C@@]3(C)CC(O)C12Br. The molecule has 0 radical (unpaired) electrons. The summed E-state index contributed by atoms with van der Waals surface area (Å²) in [5.74, 6) is -0.472. The van der Waals surface area contributed by atoms with Gasteiger partial charge in [0.05, 0.1) is 10.4 Å². The summed E-state index contributed by atoms with van der Waals surface area (Å²) in [7, 11) is 0. The Bertz CT molecular complexity index is 775. The van der Waals surface area contributed by atoms with E-state index >= 15 is 0 Å². The summed E-state index contributed by atoms with van der Waals surface area (Å²) < 4.78 is -0.654. The summed E-state index contributed by atoms with van der Waals surface area (Å²) in [6.07, 6.45) is 7.20. The van der Waals surface area contributed by atoms with Crippen molar-refractivity contribution in [1.29, 1.82) is 0 Å². The molecule has 0 bridgehead atoms. The van der Waals surface area contributed by atoms with Gasteiger partial charge >= 0.3 is 0 Å². The zero-order valence-corrected chi connectivity index (χ0v) is 17.3. The minimum atomic E-state index is -1.60. The molecule has 4 rings (SSSR count). The molecule has 7 atom stereocenters. The molecule has 0 heterocycles. The van der Waals surface area contributed by atoms with Gasteiger partial charge in [0.25, 0.3) is 0 Å². The van der Waals surface area contributed by atoms with Crippen molar-refractivity contribution in [3.8, 4) is 0 Å². The van der Waals surface area contributed by atoms with E-state index < -0.39 is 39.2 Å². The Labute approximate surface area is 167 Å². The van der Waals surface area contributed by atoms with E-state index in [1.54, 1.807) is 12.2 Å². The molecule has 2 unspecified atom stereocenters. The fraction of sp³-hybridized carbons (Fsp3) is 0.714. The lowest BCUT2D eigenvalue weighted by Crippen LogP contribution is -2.68. The van der Waals surface area contributed by atoms with Gasteiger partial charge in [0.1, 0.15) is 12.2 Å². The van der Waals surface area contributed by atoms with E-state index in [2.05, 4.69) is 22.9 Å². The van der Waals surface area contributed by atoms with Crippen LogP contribution in [0.2, 0.25) is 0 Å². The molecule has 3 fully saturated rings. The number of hydrogen-bond donors (Lipinski definition) is 3. The predicted octanol–water partition coefficient (Wildman–Crippen LogP) is 2.08. The number of aliphatic hydroxyl groups excluding tert-OH is 2. The van der Waals surface area contributed by atoms with E-state index in [9.17, 15) is 24.9 Å². The van der Waals surface area contributed by atoms with E-state index in [4.69, 9.17) is 0 Å². The number of halogens is 1. The van der Waals surface area contributed by atoms with Crippen molar-refractivity contribution < 1.29 is 24.9 Å². The highest BCUT2D eigenvalue weighted by Crippen LogP contribution is 2.70. The van der Waals surface area contributed by atoms with Gasteiger partial charge in [0, 0.05) is 10.8 Å². The molecule has 148 valence electrons. The molecule has 4 aliphatic carbocycles. The maximum Gasteiger partial charge on any atom is 0.190 e. The average Bonchev–Trinajstić information content (AvgIpc) is 2.88. The van der Waals surface area contributed by atoms with Gasteiger partial charge in [-0.05, 0) is 56.1 Å². The van der Waals surface area contributed by atoms with Gasteiger partial charge in [-0.15, -0.1) is 0 Å². The van der Waals surface area contributed by atoms with E-state index in [-0.39, 0.29) is 24.0 Å². The van der Waals surface area contributed by atoms with Crippen molar-refractivity contribution in [2.45, 2.75) is 62.0 Å². The van der Waals surface area contributed by atoms with Crippen molar-refractivity contribution in [1.82, 2.24) is 0 Å². The number of aliphatic hydroxyl groups is 3. The van der Waals surface area contributed by atoms with Crippen LogP contribution in [0.25, 0.3) is 0 Å². The smallest absolute Gasteiger partial charge is 0.190 e. The molecule has 0 aromatic rings. The number of hydrogen-bond acceptors (Lipinski definition) is 5. The molecule has 0 amide bonds. The summed E-state index contributed by atoms with van der Waals surface area (Å²) in [6.45, 7) is 3.27. The summed E-state index contributed by atoms with van der Waals surface area (Å²) >= 11 is 3.94. The fourth-order valence-electron chi connectivity index (χ4n) is 6.80. The van der Waals surface area contributed by atoms with Crippen LogP contribution in [0.15, 0.2) is 23.8 Å². The lowest BCUT2D eigenvalue weighted by Gasteiger charge is -2.64. The Kier molecular flexibility index (Phi) is 4.22. The van der Waals surface area contributed by atoms with Crippen molar-refractivity contribution in [3.05, 3.63) is 23.8 Å². The summed E-state index contributed by atoms with van der Waals surface area (Å²) in [5, 5.41) is 32.0. The topological polar surface area (TPSA) is 94.8 Å². The Hall–Kier alpha value is -0.820. The molecular formula is C21H27BrO5. The van der Waals surface area contributed by atoms with Gasteiger partial charge in [-0.2, -0.15) is 0 Å². The number of allylic oxidation sites excluding steroid dienone is 4. The standard InChI is InChI=1S/C21H27BrO5/c1-18-7-5-13(24)9-12(18)3-4-15-14-6-8-20(27,17(26)11-23)19(14,2)10-16(25)21(15,18)22/h5,7,9,14-16,23,25,27H,3-4,6,8,10-11H2,1-2H3/t14-,15-,16?,18-,19-,20-,21?/m0/s1. The average molecular weight is 439 g/mol. The molecule has 6 heteroatoms. The van der Waals surface area contributed by atoms with Crippen molar-refractivity contribution in [3.63, 3.8) is 0 Å². The fourth-order valence-corrected chi connectivity index (χ4v) is 7.90. The number of Topliss-reactive ketones (excluding diaryl/α,β-unsaturated/α-hetero) is 1. The first-order chi connectivity index (χ1) is 12.5. The Morgan fingerprint density at radius 1 is 1.30 bits per heavy atom. The van der Waals surface area contributed by atoms with Crippen LogP contribution < -0.4 is 0 Å². The van der Waals surface area contributed by atoms with Crippen LogP contribution in [0.4, 0.5) is 0 Å². The number of alkyl halides is 1. The van der Waals surface area contributed by atoms with Crippen LogP contribution in [-0.2, 0) is 9.59 Å². The van der Waals surface area contributed by atoms with Crippen molar-refractivity contribution in [2.24, 2.45) is 22.7 Å². The molecule has 0 spiro atoms. The maximum atomic E-state index is 12.4. The lowest BCUT2D eigenvalue weighted by molar-refractivity contribution is -0.172. The molecule has 4 aliphatic rings. The van der Waals surface area contributed by atoms with Gasteiger partial charge < -0.3 is 15.3 Å². The summed E-state index contributed by atoms with van der Waals surface area (Å²) in [4.78, 5) is 24.3. The van der Waals surface area contributed by atoms with Gasteiger partial charge in [-0.3, -0.25) is 9.59 Å². The third kappa shape index (κ3) is 2.16. The Morgan fingerprint density at radius 2 is 2.00 bits per heavy atom. The second-order valence-corrected chi connectivity index (χ2v) is 10.6. The second-order valence-electron chi connectivity index (χ2n) is 9.24. The molecule has 5 nitrogen and oxygen atoms in total. The molecule has 0 aromatic carbocycles. The summed E-state index contributed by atoms with van der Waals surface area (Å²) in [6, 6.07) is 0. The van der Waals surface area contributed by atoms with Crippen LogP contribution in [-0.4, -0.2) is 49.5 Å². The second kappa shape index (κ2) is 5.85. The zero-order chi connectivity index (χ0) is 19.8. The number of carbonyl (C=O) groups is 2. The third-order valence-corrected chi connectivity index (χ3v) is 10.3. The predicted molar refractivity (Wildman–Crippen MR) is 103 cm³/mol. The molecule has 0 aliphatic heterocycles. The highest BCUT2D eigenvalue weighted by Gasteiger charge is 2.72. The van der Waals surface area contributed by atoms with E-state index in [0.29, 0.717) is 12.8 Å². The van der Waals surface area contributed by atoms with Crippen LogP contribution in [0.5, 0.6) is 0 Å². The lowest BCUT2D eigenvalue weighted by atomic mass is 9.46. The van der Waals surface area contributed by atoms with Crippen molar-refractivity contribution >= 4 is 27.5 Å². The normalized spacial score (nSPS) is 51.3. The quantitative estimate of drug-likeness (QED) is 0.573. The van der Waals surface area contributed by atoms with Crippen LogP contribution in [0.3, 0.4) is 0 Å². The van der Waals surface area contributed by atoms with E-state index in [0.717, 1.165) is 18.4 Å². The maximum absolute atomic E-state index is 12.4. The third-order valence-electron chi connectivity index (χ3n) is 8.40. The van der Waals surface area contributed by atoms with Crippen LogP contribution in [0.1, 0.15) is 46.0 Å². The molecule has 0 aromatic heterocycles. The molecule has 27 heavy (non-hydrogen) atoms. The minimum Gasteiger partial charge on any atom is -0.392 e. The number of rotatable bonds is 2. The number of ketones is 2. The molecular weight excluding hydrogens is 412 g/mol. The minimum absolute atomic E-state index is 0.0176. The van der Waals surface area contributed by atoms with Gasteiger partial charge in [0.15, 0.2) is 11.6 Å². The first-order valence-electron chi connectivity index (χ1n) is 9.72. The van der Waals surface area contributed by atoms with Crippen LogP contribution in [0, 0.1) is 22.7 Å². The van der Waals surface area contributed by atoms with Gasteiger partial charge in [-0.1, -0.05) is 41.4 Å². The zero-order valence-electron chi connectivity index (χ0n) is 15.7. The molecule has 0 saturated heterocycles. The first-order valence-corrected chi connectivity index (χ1v) is 10.5. The monoisotopic (exact) mass is 438 g/mol. The Morgan fingerprint density at radius 3 is 2.67 bits per heavy atom. The largest absolute Gasteiger partial charge is 0.392 e. The Balaban J connectivity index is 1.81. The highest BCUT2D eigenvalue weighted by atomic mass is 79.9. The highest BCUT2D eigenvalue weighted by molar-refractivity contribution is 9.10.